The van der Waals surface area contributed by atoms with Crippen LogP contribution in [0.1, 0.15) is 38.5 Å². The summed E-state index contributed by atoms with van der Waals surface area (Å²) < 4.78 is 0. The molecule has 0 unspecified atom stereocenters. The average Bonchev–Trinajstić information content (AvgIpc) is 2.44. The number of nitrogens with zero attached hydrogens (tertiary/aromatic N) is 4. The molecule has 4 aliphatic carbocycles. The van der Waals surface area contributed by atoms with Gasteiger partial charge in [-0.2, -0.15) is 0 Å². The smallest absolute Gasteiger partial charge is 0.353 e. The van der Waals surface area contributed by atoms with E-state index in [0.29, 0.717) is 11.6 Å². The minimum Gasteiger partial charge on any atom is -0.359 e. The summed E-state index contributed by atoms with van der Waals surface area (Å²) in [5, 5.41) is 15.1. The summed E-state index contributed by atoms with van der Waals surface area (Å²) in [7, 11) is 3.54. The fraction of sp³-hybridized carbons (Fsp3) is 0.750. The van der Waals surface area contributed by atoms with E-state index in [0.717, 1.165) is 37.0 Å². The predicted octanol–water partition coefficient (Wildman–Crippen LogP) is 2.83. The summed E-state index contributed by atoms with van der Waals surface area (Å²) in [5.41, 5.74) is -0.00879. The molecule has 4 saturated carbocycles. The van der Waals surface area contributed by atoms with Crippen molar-refractivity contribution in [3.63, 3.8) is 0 Å². The van der Waals surface area contributed by atoms with Gasteiger partial charge in [-0.3, -0.25) is 10.1 Å². The quantitative estimate of drug-likeness (QED) is 0.679. The third-order valence-corrected chi connectivity index (χ3v) is 5.83. The summed E-state index contributed by atoms with van der Waals surface area (Å²) in [6.45, 7) is 0. The number of hydrogen-bond acceptors (Lipinski definition) is 6. The summed E-state index contributed by atoms with van der Waals surface area (Å²) >= 11 is 0. The molecular formula is C16H23N5O2. The van der Waals surface area contributed by atoms with Crippen LogP contribution in [0, 0.1) is 27.9 Å². The van der Waals surface area contributed by atoms with E-state index < -0.39 is 0 Å². The van der Waals surface area contributed by atoms with E-state index in [1.54, 1.807) is 19.0 Å². The van der Waals surface area contributed by atoms with Gasteiger partial charge in [0.2, 0.25) is 11.6 Å². The molecule has 1 aromatic heterocycles. The first kappa shape index (κ1) is 14.7. The normalized spacial score (nSPS) is 34.4. The maximum Gasteiger partial charge on any atom is 0.353 e. The van der Waals surface area contributed by atoms with Crippen LogP contribution in [0.2, 0.25) is 0 Å². The molecule has 0 atom stereocenters. The highest BCUT2D eigenvalue weighted by molar-refractivity contribution is 5.70. The molecule has 1 heterocycles. The van der Waals surface area contributed by atoms with E-state index in [-0.39, 0.29) is 16.1 Å². The largest absolute Gasteiger partial charge is 0.359 e. The van der Waals surface area contributed by atoms with Gasteiger partial charge in [0.25, 0.3) is 0 Å². The molecule has 4 fully saturated rings. The Balaban J connectivity index is 1.69. The highest BCUT2D eigenvalue weighted by atomic mass is 16.6. The highest BCUT2D eigenvalue weighted by Crippen LogP contribution is 2.57. The Hall–Kier alpha value is -1.92. The summed E-state index contributed by atoms with van der Waals surface area (Å²) in [6, 6.07) is 0. The van der Waals surface area contributed by atoms with Crippen LogP contribution in [-0.2, 0) is 0 Å². The third-order valence-electron chi connectivity index (χ3n) is 5.83. The Morgan fingerprint density at radius 2 is 1.74 bits per heavy atom. The molecule has 0 saturated heterocycles. The van der Waals surface area contributed by atoms with E-state index >= 15 is 0 Å². The van der Waals surface area contributed by atoms with Crippen molar-refractivity contribution in [3.05, 3.63) is 16.4 Å². The first-order chi connectivity index (χ1) is 11.0. The van der Waals surface area contributed by atoms with E-state index in [1.165, 1.54) is 25.6 Å². The molecule has 7 nitrogen and oxygen atoms in total. The summed E-state index contributed by atoms with van der Waals surface area (Å²) in [6.07, 6.45) is 8.82. The van der Waals surface area contributed by atoms with Crippen LogP contribution in [0.4, 0.5) is 17.3 Å². The van der Waals surface area contributed by atoms with Crippen LogP contribution in [0.3, 0.4) is 0 Å². The molecule has 0 aliphatic heterocycles. The summed E-state index contributed by atoms with van der Waals surface area (Å²) in [5.74, 6) is 3.08. The van der Waals surface area contributed by atoms with E-state index in [4.69, 9.17) is 0 Å². The molecule has 0 radical (unpaired) electrons. The van der Waals surface area contributed by atoms with Crippen LogP contribution >= 0.6 is 0 Å². The van der Waals surface area contributed by atoms with Crippen molar-refractivity contribution in [3.8, 4) is 0 Å². The molecule has 4 bridgehead atoms. The van der Waals surface area contributed by atoms with Gasteiger partial charge in [-0.05, 0) is 56.3 Å². The molecule has 23 heavy (non-hydrogen) atoms. The minimum absolute atomic E-state index is 0.00253. The number of nitrogens with one attached hydrogen (secondary N) is 1. The fourth-order valence-corrected chi connectivity index (χ4v) is 5.47. The lowest BCUT2D eigenvalue weighted by molar-refractivity contribution is -0.383. The van der Waals surface area contributed by atoms with Gasteiger partial charge in [-0.15, -0.1) is 0 Å². The lowest BCUT2D eigenvalue weighted by Crippen LogP contribution is -2.55. The topological polar surface area (TPSA) is 84.2 Å². The molecule has 4 aliphatic rings. The van der Waals surface area contributed by atoms with Crippen LogP contribution in [0.5, 0.6) is 0 Å². The van der Waals surface area contributed by atoms with Crippen molar-refractivity contribution < 1.29 is 4.92 Å². The van der Waals surface area contributed by atoms with Crippen molar-refractivity contribution in [1.82, 2.24) is 9.97 Å². The SMILES string of the molecule is CN(C)c1ncnc(NC23CC4CC(CC(C4)C2)C3)c1[N+](=O)[O-]. The van der Waals surface area contributed by atoms with Gasteiger partial charge in [-0.25, -0.2) is 9.97 Å². The first-order valence-corrected chi connectivity index (χ1v) is 8.41. The van der Waals surface area contributed by atoms with Crippen molar-refractivity contribution in [1.29, 1.82) is 0 Å². The number of anilines is 2. The van der Waals surface area contributed by atoms with E-state index in [9.17, 15) is 10.1 Å². The zero-order valence-corrected chi connectivity index (χ0v) is 13.7. The molecule has 1 aromatic rings. The van der Waals surface area contributed by atoms with Gasteiger partial charge in [0.15, 0.2) is 0 Å². The van der Waals surface area contributed by atoms with Crippen molar-refractivity contribution >= 4 is 17.3 Å². The van der Waals surface area contributed by atoms with Crippen LogP contribution < -0.4 is 10.2 Å². The zero-order valence-electron chi connectivity index (χ0n) is 13.7. The van der Waals surface area contributed by atoms with Crippen molar-refractivity contribution in [2.75, 3.05) is 24.3 Å². The number of hydrogen-bond donors (Lipinski definition) is 1. The lowest BCUT2D eigenvalue weighted by atomic mass is 9.53. The number of nitro groups is 1. The molecule has 1 N–H and O–H groups in total. The maximum atomic E-state index is 11.6. The van der Waals surface area contributed by atoms with Gasteiger partial charge in [0, 0.05) is 19.6 Å². The van der Waals surface area contributed by atoms with Gasteiger partial charge in [0.05, 0.1) is 4.92 Å². The standard InChI is InChI=1S/C16H23N5O2/c1-20(2)15-13(21(22)23)14(17-9-18-15)19-16-6-10-3-11(7-16)5-12(4-10)8-16/h9-12H,3-8H2,1-2H3,(H,17,18,19). The Morgan fingerprint density at radius 1 is 1.17 bits per heavy atom. The monoisotopic (exact) mass is 317 g/mol. The Kier molecular flexibility index (Phi) is 3.21. The first-order valence-electron chi connectivity index (χ1n) is 8.41. The predicted molar refractivity (Wildman–Crippen MR) is 87.5 cm³/mol. The van der Waals surface area contributed by atoms with Crippen LogP contribution in [0.15, 0.2) is 6.33 Å². The fourth-order valence-electron chi connectivity index (χ4n) is 5.47. The lowest BCUT2D eigenvalue weighted by Gasteiger charge is -2.57. The second kappa shape index (κ2) is 5.04. The van der Waals surface area contributed by atoms with Gasteiger partial charge in [0.1, 0.15) is 6.33 Å². The molecule has 124 valence electrons. The molecular weight excluding hydrogens is 294 g/mol. The molecule has 5 rings (SSSR count). The van der Waals surface area contributed by atoms with Crippen LogP contribution in [-0.4, -0.2) is 34.5 Å². The Labute approximate surface area is 135 Å². The number of aromatic nitrogens is 2. The molecule has 0 amide bonds. The second-order valence-corrected chi connectivity index (χ2v) is 7.87. The highest BCUT2D eigenvalue weighted by Gasteiger charge is 2.51. The second-order valence-electron chi connectivity index (χ2n) is 7.87. The minimum atomic E-state index is -0.363. The van der Waals surface area contributed by atoms with Crippen molar-refractivity contribution in [2.45, 2.75) is 44.1 Å². The van der Waals surface area contributed by atoms with E-state index in [1.807, 2.05) is 0 Å². The maximum absolute atomic E-state index is 11.6. The van der Waals surface area contributed by atoms with Gasteiger partial charge < -0.3 is 10.2 Å². The van der Waals surface area contributed by atoms with E-state index in [2.05, 4.69) is 15.3 Å². The van der Waals surface area contributed by atoms with Gasteiger partial charge >= 0.3 is 5.69 Å². The van der Waals surface area contributed by atoms with Gasteiger partial charge in [-0.1, -0.05) is 0 Å². The van der Waals surface area contributed by atoms with Crippen LogP contribution in [0.25, 0.3) is 0 Å². The molecule has 0 spiro atoms. The van der Waals surface area contributed by atoms with Crippen molar-refractivity contribution in [2.24, 2.45) is 17.8 Å². The number of rotatable bonds is 4. The zero-order chi connectivity index (χ0) is 16.2. The Morgan fingerprint density at radius 3 is 2.22 bits per heavy atom. The molecule has 0 aromatic carbocycles. The Bertz CT molecular complexity index is 610. The third kappa shape index (κ3) is 2.42. The average molecular weight is 317 g/mol. The summed E-state index contributed by atoms with van der Waals surface area (Å²) in [4.78, 5) is 21.2. The molecule has 7 heteroatoms.